The van der Waals surface area contributed by atoms with Gasteiger partial charge in [0.2, 0.25) is 21.8 Å². The van der Waals surface area contributed by atoms with Gasteiger partial charge < -0.3 is 4.42 Å². The highest BCUT2D eigenvalue weighted by Gasteiger charge is 2.27. The second-order valence-corrected chi connectivity index (χ2v) is 8.06. The van der Waals surface area contributed by atoms with E-state index in [-0.39, 0.29) is 10.8 Å². The zero-order valence-electron chi connectivity index (χ0n) is 14.9. The van der Waals surface area contributed by atoms with Gasteiger partial charge in [-0.2, -0.15) is 4.72 Å². The molecule has 3 aromatic rings. The van der Waals surface area contributed by atoms with Crippen LogP contribution in [-0.4, -0.2) is 18.6 Å². The van der Waals surface area contributed by atoms with Gasteiger partial charge in [-0.1, -0.05) is 56.3 Å². The Labute approximate surface area is 153 Å². The quantitative estimate of drug-likeness (QED) is 0.716. The molecule has 1 N–H and O–H groups in total. The molecular formula is C19H21N3O3S. The van der Waals surface area contributed by atoms with Crippen LogP contribution >= 0.6 is 0 Å². The topological polar surface area (TPSA) is 85.1 Å². The molecule has 6 nitrogen and oxygen atoms in total. The SMILES string of the molecule is Cc1nnc(C(NS(=O)(=O)c2ccc(C(C)C)cc2)c2ccccc2)o1. The normalized spacial score (nSPS) is 13.1. The van der Waals surface area contributed by atoms with E-state index in [4.69, 9.17) is 4.42 Å². The van der Waals surface area contributed by atoms with Crippen LogP contribution in [0, 0.1) is 6.92 Å². The Kier molecular flexibility index (Phi) is 5.20. The third kappa shape index (κ3) is 4.00. The zero-order chi connectivity index (χ0) is 18.7. The molecule has 1 unspecified atom stereocenters. The van der Waals surface area contributed by atoms with E-state index in [2.05, 4.69) is 28.8 Å². The monoisotopic (exact) mass is 371 g/mol. The molecule has 0 bridgehead atoms. The first-order chi connectivity index (χ1) is 12.4. The van der Waals surface area contributed by atoms with Gasteiger partial charge in [0.25, 0.3) is 0 Å². The molecule has 3 rings (SSSR count). The lowest BCUT2D eigenvalue weighted by Gasteiger charge is -2.16. The first kappa shape index (κ1) is 18.3. The summed E-state index contributed by atoms with van der Waals surface area (Å²) in [5.41, 5.74) is 1.80. The van der Waals surface area contributed by atoms with E-state index in [9.17, 15) is 8.42 Å². The van der Waals surface area contributed by atoms with Crippen LogP contribution in [-0.2, 0) is 10.0 Å². The molecule has 0 saturated heterocycles. The van der Waals surface area contributed by atoms with Crippen LogP contribution in [0.1, 0.15) is 48.7 Å². The molecule has 7 heteroatoms. The lowest BCUT2D eigenvalue weighted by atomic mass is 10.0. The summed E-state index contributed by atoms with van der Waals surface area (Å²) >= 11 is 0. The van der Waals surface area contributed by atoms with Crippen LogP contribution in [0.25, 0.3) is 0 Å². The first-order valence-electron chi connectivity index (χ1n) is 8.34. The molecule has 0 aliphatic rings. The number of hydrogen-bond donors (Lipinski definition) is 1. The standard InChI is InChI=1S/C19H21N3O3S/c1-13(2)15-9-11-17(12-10-15)26(23,24)22-18(16-7-5-4-6-8-16)19-21-20-14(3)25-19/h4-13,18,22H,1-3H3. The van der Waals surface area contributed by atoms with Gasteiger partial charge in [0.1, 0.15) is 6.04 Å². The minimum absolute atomic E-state index is 0.194. The Morgan fingerprint density at radius 2 is 1.58 bits per heavy atom. The van der Waals surface area contributed by atoms with Crippen molar-refractivity contribution in [2.75, 3.05) is 0 Å². The number of benzene rings is 2. The number of hydrogen-bond acceptors (Lipinski definition) is 5. The summed E-state index contributed by atoms with van der Waals surface area (Å²) in [5.74, 6) is 0.913. The Balaban J connectivity index is 1.95. The zero-order valence-corrected chi connectivity index (χ0v) is 15.7. The summed E-state index contributed by atoms with van der Waals surface area (Å²) in [6.07, 6.45) is 0. The molecular weight excluding hydrogens is 350 g/mol. The van der Waals surface area contributed by atoms with Gasteiger partial charge >= 0.3 is 0 Å². The third-order valence-corrected chi connectivity index (χ3v) is 5.49. The maximum atomic E-state index is 12.9. The fourth-order valence-electron chi connectivity index (χ4n) is 2.59. The van der Waals surface area contributed by atoms with Gasteiger partial charge in [0, 0.05) is 6.92 Å². The van der Waals surface area contributed by atoms with E-state index in [0.29, 0.717) is 11.8 Å². The summed E-state index contributed by atoms with van der Waals surface area (Å²) in [5, 5.41) is 7.81. The maximum Gasteiger partial charge on any atom is 0.241 e. The van der Waals surface area contributed by atoms with Gasteiger partial charge in [-0.05, 0) is 29.2 Å². The molecule has 136 valence electrons. The molecule has 0 aliphatic carbocycles. The number of sulfonamides is 1. The minimum Gasteiger partial charge on any atom is -0.423 e. The summed E-state index contributed by atoms with van der Waals surface area (Å²) in [4.78, 5) is 0.194. The molecule has 0 aliphatic heterocycles. The van der Waals surface area contributed by atoms with Crippen LogP contribution in [0.4, 0.5) is 0 Å². The predicted octanol–water partition coefficient (Wildman–Crippen LogP) is 3.57. The average Bonchev–Trinajstić information content (AvgIpc) is 3.06. The Morgan fingerprint density at radius 1 is 0.923 bits per heavy atom. The van der Waals surface area contributed by atoms with E-state index in [1.807, 2.05) is 42.5 Å². The van der Waals surface area contributed by atoms with E-state index in [1.165, 1.54) is 0 Å². The Bertz CT molecular complexity index is 965. The molecule has 0 fully saturated rings. The molecule has 2 aromatic carbocycles. The number of rotatable bonds is 6. The van der Waals surface area contributed by atoms with E-state index >= 15 is 0 Å². The minimum atomic E-state index is -3.77. The van der Waals surface area contributed by atoms with Crippen molar-refractivity contribution >= 4 is 10.0 Å². The van der Waals surface area contributed by atoms with Crippen molar-refractivity contribution in [3.8, 4) is 0 Å². The van der Waals surface area contributed by atoms with Gasteiger partial charge in [-0.25, -0.2) is 8.42 Å². The fourth-order valence-corrected chi connectivity index (χ4v) is 3.77. The highest BCUT2D eigenvalue weighted by Crippen LogP contribution is 2.24. The van der Waals surface area contributed by atoms with Gasteiger partial charge in [-0.15, -0.1) is 10.2 Å². The molecule has 1 aromatic heterocycles. The van der Waals surface area contributed by atoms with Crippen molar-refractivity contribution in [1.29, 1.82) is 0 Å². The van der Waals surface area contributed by atoms with Crippen molar-refractivity contribution in [3.63, 3.8) is 0 Å². The van der Waals surface area contributed by atoms with Crippen molar-refractivity contribution in [3.05, 3.63) is 77.5 Å². The Morgan fingerprint density at radius 3 is 2.12 bits per heavy atom. The molecule has 0 spiro atoms. The van der Waals surface area contributed by atoms with Crippen molar-refractivity contribution < 1.29 is 12.8 Å². The molecule has 0 radical (unpaired) electrons. The van der Waals surface area contributed by atoms with Crippen molar-refractivity contribution in [2.45, 2.75) is 37.6 Å². The lowest BCUT2D eigenvalue weighted by Crippen LogP contribution is -2.29. The third-order valence-electron chi connectivity index (χ3n) is 4.05. The summed E-state index contributed by atoms with van der Waals surface area (Å²) in [7, 11) is -3.77. The number of nitrogens with one attached hydrogen (secondary N) is 1. The maximum absolute atomic E-state index is 12.9. The first-order valence-corrected chi connectivity index (χ1v) is 9.82. The average molecular weight is 371 g/mol. The Hall–Kier alpha value is -2.51. The van der Waals surface area contributed by atoms with E-state index in [0.717, 1.165) is 11.1 Å². The highest BCUT2D eigenvalue weighted by atomic mass is 32.2. The number of aromatic nitrogens is 2. The number of nitrogens with zero attached hydrogens (tertiary/aromatic N) is 2. The van der Waals surface area contributed by atoms with Crippen molar-refractivity contribution in [1.82, 2.24) is 14.9 Å². The smallest absolute Gasteiger partial charge is 0.241 e. The lowest BCUT2D eigenvalue weighted by molar-refractivity contribution is 0.436. The van der Waals surface area contributed by atoms with Crippen LogP contribution in [0.2, 0.25) is 0 Å². The van der Waals surface area contributed by atoms with Gasteiger partial charge in [0.05, 0.1) is 4.90 Å². The predicted molar refractivity (Wildman–Crippen MR) is 98.2 cm³/mol. The molecule has 0 amide bonds. The molecule has 26 heavy (non-hydrogen) atoms. The summed E-state index contributed by atoms with van der Waals surface area (Å²) < 4.78 is 33.9. The molecule has 1 atom stereocenters. The second kappa shape index (κ2) is 7.39. The van der Waals surface area contributed by atoms with E-state index in [1.54, 1.807) is 19.1 Å². The van der Waals surface area contributed by atoms with Crippen LogP contribution in [0.5, 0.6) is 0 Å². The van der Waals surface area contributed by atoms with Crippen LogP contribution < -0.4 is 4.72 Å². The molecule has 1 heterocycles. The summed E-state index contributed by atoms with van der Waals surface area (Å²) in [6.45, 7) is 5.79. The molecule has 0 saturated carbocycles. The van der Waals surface area contributed by atoms with E-state index < -0.39 is 16.1 Å². The second-order valence-electron chi connectivity index (χ2n) is 6.35. The van der Waals surface area contributed by atoms with Crippen LogP contribution in [0.3, 0.4) is 0 Å². The van der Waals surface area contributed by atoms with Gasteiger partial charge in [-0.3, -0.25) is 0 Å². The van der Waals surface area contributed by atoms with Gasteiger partial charge in [0.15, 0.2) is 0 Å². The summed E-state index contributed by atoms with van der Waals surface area (Å²) in [6, 6.07) is 15.3. The fraction of sp³-hybridized carbons (Fsp3) is 0.263. The largest absolute Gasteiger partial charge is 0.423 e. The van der Waals surface area contributed by atoms with Crippen molar-refractivity contribution in [2.24, 2.45) is 0 Å². The van der Waals surface area contributed by atoms with Crippen LogP contribution in [0.15, 0.2) is 63.9 Å². The highest BCUT2D eigenvalue weighted by molar-refractivity contribution is 7.89. The number of aryl methyl sites for hydroxylation is 1.